The van der Waals surface area contributed by atoms with E-state index in [-0.39, 0.29) is 29.0 Å². The van der Waals surface area contributed by atoms with Gasteiger partial charge in [-0.15, -0.1) is 0 Å². The maximum absolute atomic E-state index is 12.7. The summed E-state index contributed by atoms with van der Waals surface area (Å²) >= 11 is 0.974. The molecule has 2 amide bonds. The first kappa shape index (κ1) is 24.4. The Balaban J connectivity index is 1.42. The van der Waals surface area contributed by atoms with Gasteiger partial charge in [-0.2, -0.15) is 0 Å². The van der Waals surface area contributed by atoms with Crippen LogP contribution in [0, 0.1) is 6.92 Å². The van der Waals surface area contributed by atoms with Gasteiger partial charge in [0.1, 0.15) is 17.0 Å². The van der Waals surface area contributed by atoms with Crippen LogP contribution in [0.5, 0.6) is 0 Å². The minimum Gasteiger partial charge on any atom is -0.480 e. The first-order valence-electron chi connectivity index (χ1n) is 11.4. The highest BCUT2D eigenvalue weighted by Crippen LogP contribution is 2.44. The third-order valence-electron chi connectivity index (χ3n) is 6.17. The number of hydrogen-bond donors (Lipinski definition) is 3. The van der Waals surface area contributed by atoms with Gasteiger partial charge in [-0.25, -0.2) is 14.6 Å². The lowest BCUT2D eigenvalue weighted by Crippen LogP contribution is -2.52. The summed E-state index contributed by atoms with van der Waals surface area (Å²) in [5, 5.41) is 14.9. The lowest BCUT2D eigenvalue weighted by atomic mass is 9.96. The van der Waals surface area contributed by atoms with Crippen LogP contribution in [0.15, 0.2) is 48.5 Å². The number of carbonyl (C=O) groups is 3. The fraction of sp³-hybridized carbons (Fsp3) is 0.308. The summed E-state index contributed by atoms with van der Waals surface area (Å²) in [6, 6.07) is 16.1. The van der Waals surface area contributed by atoms with E-state index in [2.05, 4.69) is 27.8 Å². The van der Waals surface area contributed by atoms with Crippen molar-refractivity contribution in [3.05, 3.63) is 70.2 Å². The predicted octanol–water partition coefficient (Wildman–Crippen LogP) is 5.19. The quantitative estimate of drug-likeness (QED) is 0.398. The molecule has 1 heterocycles. The number of fused-ring (bicyclic) bond motifs is 3. The molecule has 1 unspecified atom stereocenters. The van der Waals surface area contributed by atoms with Crippen molar-refractivity contribution in [3.63, 3.8) is 0 Å². The summed E-state index contributed by atoms with van der Waals surface area (Å²) < 4.78 is 5.54. The van der Waals surface area contributed by atoms with Crippen LogP contribution in [-0.2, 0) is 9.53 Å². The molecule has 4 rings (SSSR count). The molecule has 1 aromatic heterocycles. The van der Waals surface area contributed by atoms with Crippen molar-refractivity contribution in [2.24, 2.45) is 0 Å². The van der Waals surface area contributed by atoms with Crippen molar-refractivity contribution in [3.8, 4) is 11.1 Å². The Hall–Kier alpha value is -3.72. The highest BCUT2D eigenvalue weighted by molar-refractivity contribution is 7.17. The highest BCUT2D eigenvalue weighted by atomic mass is 32.1. The van der Waals surface area contributed by atoms with Gasteiger partial charge in [0.25, 0.3) is 5.91 Å². The van der Waals surface area contributed by atoms with Crippen LogP contribution in [0.1, 0.15) is 59.1 Å². The first-order chi connectivity index (χ1) is 16.7. The minimum atomic E-state index is -1.39. The molecule has 0 spiro atoms. The number of nitrogens with one attached hydrogen (secondary N) is 2. The van der Waals surface area contributed by atoms with E-state index in [1.807, 2.05) is 43.3 Å². The SMILES string of the molecule is CCCC(C)(NC(=O)c1sc(NC(=O)OCC2c3ccccc3-c3ccccc32)nc1C)C(=O)O. The smallest absolute Gasteiger partial charge is 0.413 e. The van der Waals surface area contributed by atoms with E-state index in [0.29, 0.717) is 12.1 Å². The maximum atomic E-state index is 12.7. The average Bonchev–Trinajstić information content (AvgIpc) is 3.35. The van der Waals surface area contributed by atoms with Gasteiger partial charge in [0, 0.05) is 5.92 Å². The van der Waals surface area contributed by atoms with Crippen LogP contribution < -0.4 is 10.6 Å². The van der Waals surface area contributed by atoms with E-state index in [0.717, 1.165) is 33.6 Å². The number of carboxylic acids is 1. The Labute approximate surface area is 207 Å². The fourth-order valence-corrected chi connectivity index (χ4v) is 5.26. The molecule has 0 aliphatic heterocycles. The van der Waals surface area contributed by atoms with Gasteiger partial charge in [0.2, 0.25) is 0 Å². The third kappa shape index (κ3) is 4.90. The number of carbonyl (C=O) groups excluding carboxylic acids is 2. The molecule has 2 aromatic carbocycles. The lowest BCUT2D eigenvalue weighted by Gasteiger charge is -2.25. The molecule has 8 nitrogen and oxygen atoms in total. The molecule has 0 saturated heterocycles. The number of aliphatic carboxylic acids is 1. The van der Waals surface area contributed by atoms with E-state index < -0.39 is 23.5 Å². The molecule has 0 radical (unpaired) electrons. The summed E-state index contributed by atoms with van der Waals surface area (Å²) in [6.45, 7) is 5.11. The molecule has 1 atom stereocenters. The molecule has 3 aromatic rings. The summed E-state index contributed by atoms with van der Waals surface area (Å²) in [5.41, 5.74) is 3.51. The van der Waals surface area contributed by atoms with Gasteiger partial charge >= 0.3 is 12.1 Å². The molecule has 1 aliphatic rings. The van der Waals surface area contributed by atoms with E-state index in [1.165, 1.54) is 6.92 Å². The first-order valence-corrected chi connectivity index (χ1v) is 12.2. The zero-order valence-corrected chi connectivity index (χ0v) is 20.6. The van der Waals surface area contributed by atoms with Crippen molar-refractivity contribution in [2.45, 2.75) is 45.1 Å². The molecule has 1 aliphatic carbocycles. The second kappa shape index (κ2) is 9.87. The molecule has 0 saturated carbocycles. The van der Waals surface area contributed by atoms with Crippen LogP contribution in [0.2, 0.25) is 0 Å². The Morgan fingerprint density at radius 1 is 1.09 bits per heavy atom. The minimum absolute atomic E-state index is 0.0696. The molecule has 9 heteroatoms. The summed E-state index contributed by atoms with van der Waals surface area (Å²) in [5.74, 6) is -1.72. The van der Waals surface area contributed by atoms with Crippen molar-refractivity contribution in [1.29, 1.82) is 0 Å². The van der Waals surface area contributed by atoms with Crippen LogP contribution in [0.3, 0.4) is 0 Å². The van der Waals surface area contributed by atoms with E-state index >= 15 is 0 Å². The summed E-state index contributed by atoms with van der Waals surface area (Å²) in [4.78, 5) is 41.4. The van der Waals surface area contributed by atoms with Gasteiger partial charge in [-0.3, -0.25) is 10.1 Å². The van der Waals surface area contributed by atoms with Crippen molar-refractivity contribution >= 4 is 34.4 Å². The number of thiazole rings is 1. The molecular formula is C26H27N3O5S. The Kier molecular flexibility index (Phi) is 6.88. The second-order valence-electron chi connectivity index (χ2n) is 8.73. The van der Waals surface area contributed by atoms with Crippen molar-refractivity contribution < 1.29 is 24.2 Å². The zero-order valence-electron chi connectivity index (χ0n) is 19.8. The van der Waals surface area contributed by atoms with Crippen molar-refractivity contribution in [1.82, 2.24) is 10.3 Å². The van der Waals surface area contributed by atoms with Crippen LogP contribution in [0.4, 0.5) is 9.93 Å². The molecular weight excluding hydrogens is 466 g/mol. The predicted molar refractivity (Wildman–Crippen MR) is 134 cm³/mol. The fourth-order valence-electron chi connectivity index (χ4n) is 4.41. The van der Waals surface area contributed by atoms with Gasteiger partial charge in [0.05, 0.1) is 5.69 Å². The van der Waals surface area contributed by atoms with E-state index in [1.54, 1.807) is 6.92 Å². The number of nitrogens with zero attached hydrogens (tertiary/aromatic N) is 1. The van der Waals surface area contributed by atoms with Gasteiger partial charge in [-0.05, 0) is 42.5 Å². The molecule has 182 valence electrons. The molecule has 35 heavy (non-hydrogen) atoms. The number of benzene rings is 2. The van der Waals surface area contributed by atoms with Crippen molar-refractivity contribution in [2.75, 3.05) is 11.9 Å². The van der Waals surface area contributed by atoms with Crippen LogP contribution in [0.25, 0.3) is 11.1 Å². The molecule has 0 fully saturated rings. The number of anilines is 1. The van der Waals surface area contributed by atoms with Crippen LogP contribution >= 0.6 is 11.3 Å². The van der Waals surface area contributed by atoms with Gasteiger partial charge in [0.15, 0.2) is 5.13 Å². The Bertz CT molecular complexity index is 1240. The Morgan fingerprint density at radius 2 is 1.69 bits per heavy atom. The van der Waals surface area contributed by atoms with Gasteiger partial charge < -0.3 is 15.2 Å². The zero-order chi connectivity index (χ0) is 25.2. The Morgan fingerprint density at radius 3 is 2.26 bits per heavy atom. The average molecular weight is 494 g/mol. The summed E-state index contributed by atoms with van der Waals surface area (Å²) in [6.07, 6.45) is 0.213. The number of rotatable bonds is 8. The van der Waals surface area contributed by atoms with Gasteiger partial charge in [-0.1, -0.05) is 73.2 Å². The molecule has 3 N–H and O–H groups in total. The maximum Gasteiger partial charge on any atom is 0.413 e. The lowest BCUT2D eigenvalue weighted by molar-refractivity contribution is -0.144. The number of amides is 2. The largest absolute Gasteiger partial charge is 0.480 e. The number of hydrogen-bond acceptors (Lipinski definition) is 6. The number of carboxylic acid groups (broad SMARTS) is 1. The number of aryl methyl sites for hydroxylation is 1. The van der Waals surface area contributed by atoms with E-state index in [9.17, 15) is 19.5 Å². The van der Waals surface area contributed by atoms with Crippen LogP contribution in [-0.4, -0.2) is 40.2 Å². The number of aromatic nitrogens is 1. The third-order valence-corrected chi connectivity index (χ3v) is 7.24. The normalized spacial score (nSPS) is 13.9. The van der Waals surface area contributed by atoms with E-state index in [4.69, 9.17) is 4.74 Å². The number of ether oxygens (including phenoxy) is 1. The second-order valence-corrected chi connectivity index (χ2v) is 9.72. The molecule has 0 bridgehead atoms. The standard InChI is InChI=1S/C26H27N3O5S/c1-4-13-26(3,23(31)32)29-22(30)21-15(2)27-24(35-21)28-25(33)34-14-20-18-11-7-5-9-16(18)17-10-6-8-12-19(17)20/h5-12,20H,4,13-14H2,1-3H3,(H,29,30)(H,31,32)(H,27,28,33). The monoisotopic (exact) mass is 493 g/mol. The highest BCUT2D eigenvalue weighted by Gasteiger charge is 2.35. The summed E-state index contributed by atoms with van der Waals surface area (Å²) in [7, 11) is 0. The topological polar surface area (TPSA) is 118 Å².